The van der Waals surface area contributed by atoms with Gasteiger partial charge >= 0.3 is 0 Å². The Labute approximate surface area is 137 Å². The molecular formula is C15H13ClN2OS2. The fourth-order valence-electron chi connectivity index (χ4n) is 1.55. The van der Waals surface area contributed by atoms with Gasteiger partial charge in [-0.2, -0.15) is 0 Å². The van der Waals surface area contributed by atoms with E-state index in [1.807, 2.05) is 35.7 Å². The van der Waals surface area contributed by atoms with Crippen molar-refractivity contribution in [2.24, 2.45) is 0 Å². The molecule has 0 saturated heterocycles. The van der Waals surface area contributed by atoms with Crippen molar-refractivity contribution in [3.63, 3.8) is 0 Å². The van der Waals surface area contributed by atoms with E-state index in [0.717, 1.165) is 10.4 Å². The SMILES string of the molecule is O=C(C=Cc1ccccc1Cl)NC(=S)NCc1cccs1. The third kappa shape index (κ3) is 5.30. The summed E-state index contributed by atoms with van der Waals surface area (Å²) in [5.41, 5.74) is 0.784. The Morgan fingerprint density at radius 3 is 2.81 bits per heavy atom. The van der Waals surface area contributed by atoms with Crippen molar-refractivity contribution in [3.8, 4) is 0 Å². The number of hydrogen-bond acceptors (Lipinski definition) is 3. The molecule has 0 aliphatic heterocycles. The van der Waals surface area contributed by atoms with Crippen molar-refractivity contribution in [1.82, 2.24) is 10.6 Å². The maximum absolute atomic E-state index is 11.7. The van der Waals surface area contributed by atoms with Gasteiger partial charge in [0.15, 0.2) is 5.11 Å². The predicted molar refractivity (Wildman–Crippen MR) is 92.4 cm³/mol. The van der Waals surface area contributed by atoms with Crippen LogP contribution in [0.1, 0.15) is 10.4 Å². The molecule has 2 aromatic rings. The molecule has 0 aliphatic rings. The summed E-state index contributed by atoms with van der Waals surface area (Å²) in [6, 6.07) is 11.3. The number of nitrogens with one attached hydrogen (secondary N) is 2. The Morgan fingerprint density at radius 1 is 1.29 bits per heavy atom. The molecule has 0 radical (unpaired) electrons. The third-order valence-electron chi connectivity index (χ3n) is 2.56. The highest BCUT2D eigenvalue weighted by molar-refractivity contribution is 7.80. The lowest BCUT2D eigenvalue weighted by Gasteiger charge is -2.06. The number of rotatable bonds is 4. The summed E-state index contributed by atoms with van der Waals surface area (Å²) < 4.78 is 0. The summed E-state index contributed by atoms with van der Waals surface area (Å²) in [4.78, 5) is 12.9. The van der Waals surface area contributed by atoms with E-state index in [1.165, 1.54) is 6.08 Å². The summed E-state index contributed by atoms with van der Waals surface area (Å²) in [6.07, 6.45) is 3.06. The van der Waals surface area contributed by atoms with Gasteiger partial charge in [-0.3, -0.25) is 10.1 Å². The Balaban J connectivity index is 1.81. The molecule has 0 fully saturated rings. The van der Waals surface area contributed by atoms with E-state index in [9.17, 15) is 4.79 Å². The van der Waals surface area contributed by atoms with Crippen LogP contribution in [0.25, 0.3) is 6.08 Å². The van der Waals surface area contributed by atoms with Crippen LogP contribution in [0.15, 0.2) is 47.9 Å². The lowest BCUT2D eigenvalue weighted by molar-refractivity contribution is -0.115. The number of carbonyl (C=O) groups excluding carboxylic acids is 1. The van der Waals surface area contributed by atoms with Crippen LogP contribution < -0.4 is 10.6 Å². The van der Waals surface area contributed by atoms with Gasteiger partial charge in [-0.1, -0.05) is 35.9 Å². The predicted octanol–water partition coefficient (Wildman–Crippen LogP) is 3.61. The van der Waals surface area contributed by atoms with Crippen molar-refractivity contribution in [2.75, 3.05) is 0 Å². The zero-order chi connectivity index (χ0) is 15.1. The van der Waals surface area contributed by atoms with Crippen LogP contribution in [0, 0.1) is 0 Å². The lowest BCUT2D eigenvalue weighted by atomic mass is 10.2. The zero-order valence-corrected chi connectivity index (χ0v) is 13.4. The number of thiophene rings is 1. The van der Waals surface area contributed by atoms with E-state index in [4.69, 9.17) is 23.8 Å². The normalized spacial score (nSPS) is 10.5. The first-order chi connectivity index (χ1) is 10.1. The maximum Gasteiger partial charge on any atom is 0.250 e. The molecule has 0 bridgehead atoms. The second-order valence-corrected chi connectivity index (χ2v) is 5.95. The molecule has 0 unspecified atom stereocenters. The van der Waals surface area contributed by atoms with Crippen LogP contribution in [-0.4, -0.2) is 11.0 Å². The molecule has 0 spiro atoms. The molecule has 2 N–H and O–H groups in total. The maximum atomic E-state index is 11.7. The second-order valence-electron chi connectivity index (χ2n) is 4.11. The second kappa shape index (κ2) is 7.93. The smallest absolute Gasteiger partial charge is 0.250 e. The average molecular weight is 337 g/mol. The van der Waals surface area contributed by atoms with Gasteiger partial charge in [-0.05, 0) is 41.4 Å². The highest BCUT2D eigenvalue weighted by Gasteiger charge is 2.02. The lowest BCUT2D eigenvalue weighted by Crippen LogP contribution is -2.37. The van der Waals surface area contributed by atoms with Gasteiger partial charge in [-0.15, -0.1) is 11.3 Å². The number of benzene rings is 1. The number of carbonyl (C=O) groups is 1. The highest BCUT2D eigenvalue weighted by atomic mass is 35.5. The fraction of sp³-hybridized carbons (Fsp3) is 0.0667. The minimum absolute atomic E-state index is 0.293. The summed E-state index contributed by atoms with van der Waals surface area (Å²) in [5, 5.41) is 8.45. The van der Waals surface area contributed by atoms with Crippen molar-refractivity contribution < 1.29 is 4.79 Å². The Bertz CT molecular complexity index is 653. The van der Waals surface area contributed by atoms with E-state index in [2.05, 4.69) is 10.6 Å². The van der Waals surface area contributed by atoms with Crippen LogP contribution >= 0.6 is 35.2 Å². The molecule has 1 aromatic carbocycles. The Kier molecular flexibility index (Phi) is 5.92. The molecule has 3 nitrogen and oxygen atoms in total. The number of amides is 1. The summed E-state index contributed by atoms with van der Waals surface area (Å²) in [7, 11) is 0. The third-order valence-corrected chi connectivity index (χ3v) is 4.03. The number of thiocarbonyl (C=S) groups is 1. The first kappa shape index (κ1) is 15.7. The van der Waals surface area contributed by atoms with E-state index in [-0.39, 0.29) is 5.91 Å². The first-order valence-electron chi connectivity index (χ1n) is 6.19. The summed E-state index contributed by atoms with van der Waals surface area (Å²) in [5.74, 6) is -0.293. The summed E-state index contributed by atoms with van der Waals surface area (Å²) in [6.45, 7) is 0.602. The molecular weight excluding hydrogens is 324 g/mol. The topological polar surface area (TPSA) is 41.1 Å². The Morgan fingerprint density at radius 2 is 2.10 bits per heavy atom. The first-order valence-corrected chi connectivity index (χ1v) is 7.85. The van der Waals surface area contributed by atoms with E-state index < -0.39 is 0 Å². The van der Waals surface area contributed by atoms with E-state index in [0.29, 0.717) is 16.7 Å². The van der Waals surface area contributed by atoms with Crippen LogP contribution in [0.3, 0.4) is 0 Å². The van der Waals surface area contributed by atoms with Gasteiger partial charge in [0, 0.05) is 16.0 Å². The largest absolute Gasteiger partial charge is 0.357 e. The average Bonchev–Trinajstić information content (AvgIpc) is 2.97. The standard InChI is InChI=1S/C15H13ClN2OS2/c16-13-6-2-1-4-11(13)7-8-14(19)18-15(20)17-10-12-5-3-9-21-12/h1-9H,10H2,(H2,17,18,19,20). The highest BCUT2D eigenvalue weighted by Crippen LogP contribution is 2.15. The van der Waals surface area contributed by atoms with Crippen LogP contribution in [0.5, 0.6) is 0 Å². The molecule has 108 valence electrons. The van der Waals surface area contributed by atoms with Gasteiger partial charge in [0.1, 0.15) is 0 Å². The fourth-order valence-corrected chi connectivity index (χ4v) is 2.57. The zero-order valence-electron chi connectivity index (χ0n) is 11.0. The van der Waals surface area contributed by atoms with Gasteiger partial charge < -0.3 is 5.32 Å². The number of halogens is 1. The number of hydrogen-bond donors (Lipinski definition) is 2. The molecule has 21 heavy (non-hydrogen) atoms. The molecule has 0 saturated carbocycles. The van der Waals surface area contributed by atoms with Gasteiger partial charge in [-0.25, -0.2) is 0 Å². The monoisotopic (exact) mass is 336 g/mol. The van der Waals surface area contributed by atoms with Gasteiger partial charge in [0.2, 0.25) is 5.91 Å². The molecule has 1 aromatic heterocycles. The van der Waals surface area contributed by atoms with E-state index >= 15 is 0 Å². The molecule has 2 rings (SSSR count). The summed E-state index contributed by atoms with van der Waals surface area (Å²) >= 11 is 12.7. The van der Waals surface area contributed by atoms with Gasteiger partial charge in [0.25, 0.3) is 0 Å². The van der Waals surface area contributed by atoms with Crippen molar-refractivity contribution in [1.29, 1.82) is 0 Å². The van der Waals surface area contributed by atoms with Crippen molar-refractivity contribution >= 4 is 52.3 Å². The minimum atomic E-state index is -0.293. The quantitative estimate of drug-likeness (QED) is 0.662. The molecule has 6 heteroatoms. The molecule has 1 amide bonds. The van der Waals surface area contributed by atoms with E-state index in [1.54, 1.807) is 23.5 Å². The molecule has 1 heterocycles. The van der Waals surface area contributed by atoms with Crippen LogP contribution in [0.4, 0.5) is 0 Å². The molecule has 0 atom stereocenters. The minimum Gasteiger partial charge on any atom is -0.357 e. The van der Waals surface area contributed by atoms with Gasteiger partial charge in [0.05, 0.1) is 6.54 Å². The molecule has 0 aliphatic carbocycles. The van der Waals surface area contributed by atoms with Crippen molar-refractivity contribution in [2.45, 2.75) is 6.54 Å². The van der Waals surface area contributed by atoms with Crippen LogP contribution in [-0.2, 0) is 11.3 Å². The van der Waals surface area contributed by atoms with Crippen LogP contribution in [0.2, 0.25) is 5.02 Å². The Hall–Kier alpha value is -1.69. The van der Waals surface area contributed by atoms with Crippen molar-refractivity contribution in [3.05, 3.63) is 63.3 Å².